The first-order chi connectivity index (χ1) is 14.9. The molecule has 0 unspecified atom stereocenters. The molecular weight excluding hydrogens is 412 g/mol. The number of likely N-dealkylation sites (tertiary alicyclic amines) is 1. The van der Waals surface area contributed by atoms with Crippen LogP contribution >= 0.6 is 11.6 Å². The van der Waals surface area contributed by atoms with Crippen molar-refractivity contribution in [3.05, 3.63) is 70.8 Å². The number of hydrogen-bond donors (Lipinski definition) is 0. The van der Waals surface area contributed by atoms with Crippen molar-refractivity contribution < 1.29 is 14.4 Å². The lowest BCUT2D eigenvalue weighted by atomic mass is 9.86. The number of ketones is 1. The third-order valence-electron chi connectivity index (χ3n) is 6.86. The number of halogens is 1. The smallest absolute Gasteiger partial charge is 0.236 e. The number of carbonyl (C=O) groups excluding carboxylic acids is 3. The monoisotopic (exact) mass is 434 g/mol. The van der Waals surface area contributed by atoms with E-state index in [-0.39, 0.29) is 29.7 Å². The van der Waals surface area contributed by atoms with Gasteiger partial charge in [0.2, 0.25) is 11.8 Å². The summed E-state index contributed by atoms with van der Waals surface area (Å²) in [4.78, 5) is 44.1. The zero-order chi connectivity index (χ0) is 21.9. The summed E-state index contributed by atoms with van der Waals surface area (Å²) in [6.45, 7) is 3.84. The van der Waals surface area contributed by atoms with Gasteiger partial charge in [0, 0.05) is 22.3 Å². The van der Waals surface area contributed by atoms with E-state index in [1.165, 1.54) is 4.90 Å². The van der Waals surface area contributed by atoms with E-state index in [0.717, 1.165) is 11.3 Å². The first kappa shape index (κ1) is 20.0. The van der Waals surface area contributed by atoms with Crippen LogP contribution in [-0.4, -0.2) is 40.6 Å². The van der Waals surface area contributed by atoms with Gasteiger partial charge in [-0.2, -0.15) is 0 Å². The number of rotatable bonds is 4. The van der Waals surface area contributed by atoms with Crippen molar-refractivity contribution in [2.45, 2.75) is 38.4 Å². The molecule has 0 aromatic heterocycles. The molecule has 0 spiro atoms. The van der Waals surface area contributed by atoms with Gasteiger partial charge in [-0.3, -0.25) is 19.3 Å². The molecule has 0 saturated carbocycles. The fraction of sp³-hybridized carbons (Fsp3) is 0.320. The Morgan fingerprint density at radius 1 is 1.06 bits per heavy atom. The second-order valence-corrected chi connectivity index (χ2v) is 8.93. The van der Waals surface area contributed by atoms with Crippen molar-refractivity contribution in [3.8, 4) is 0 Å². The summed E-state index contributed by atoms with van der Waals surface area (Å²) >= 11 is 6.19. The number of nitrogens with zero attached hydrogens (tertiary/aromatic N) is 2. The lowest BCUT2D eigenvalue weighted by molar-refractivity contribution is -0.142. The van der Waals surface area contributed by atoms with Gasteiger partial charge >= 0.3 is 0 Å². The van der Waals surface area contributed by atoms with Gasteiger partial charge in [0.05, 0.1) is 17.9 Å². The molecule has 2 aromatic carbocycles. The Balaban J connectivity index is 1.66. The minimum absolute atomic E-state index is 0.138. The molecule has 31 heavy (non-hydrogen) atoms. The van der Waals surface area contributed by atoms with Crippen molar-refractivity contribution in [1.82, 2.24) is 4.90 Å². The molecule has 3 aliphatic rings. The zero-order valence-corrected chi connectivity index (χ0v) is 18.1. The molecule has 2 fully saturated rings. The van der Waals surface area contributed by atoms with Crippen LogP contribution in [0.2, 0.25) is 5.02 Å². The van der Waals surface area contributed by atoms with Crippen molar-refractivity contribution in [2.24, 2.45) is 11.8 Å². The summed E-state index contributed by atoms with van der Waals surface area (Å²) in [5.41, 5.74) is 2.25. The summed E-state index contributed by atoms with van der Waals surface area (Å²) in [6, 6.07) is 13.2. The third kappa shape index (κ3) is 2.87. The number of benzene rings is 2. The molecule has 158 valence electrons. The molecule has 0 N–H and O–H groups in total. The van der Waals surface area contributed by atoms with Crippen LogP contribution in [0.3, 0.4) is 0 Å². The minimum atomic E-state index is -0.743. The van der Waals surface area contributed by atoms with Crippen LogP contribution in [0.25, 0.3) is 6.08 Å². The van der Waals surface area contributed by atoms with Gasteiger partial charge in [0.1, 0.15) is 6.04 Å². The van der Waals surface area contributed by atoms with Crippen LogP contribution in [0.5, 0.6) is 0 Å². The van der Waals surface area contributed by atoms with Gasteiger partial charge in [0.15, 0.2) is 5.78 Å². The number of anilines is 1. The molecule has 2 saturated heterocycles. The number of amides is 2. The van der Waals surface area contributed by atoms with Crippen LogP contribution in [0, 0.1) is 11.8 Å². The lowest BCUT2D eigenvalue weighted by Crippen LogP contribution is -2.50. The highest BCUT2D eigenvalue weighted by Crippen LogP contribution is 2.49. The fourth-order valence-corrected chi connectivity index (χ4v) is 5.44. The number of imide groups is 1. The average Bonchev–Trinajstić information content (AvgIpc) is 3.26. The van der Waals surface area contributed by atoms with Crippen molar-refractivity contribution >= 4 is 41.0 Å². The predicted octanol–water partition coefficient (Wildman–Crippen LogP) is 4.21. The predicted molar refractivity (Wildman–Crippen MR) is 120 cm³/mol. The molecule has 2 aromatic rings. The van der Waals surface area contributed by atoms with E-state index in [9.17, 15) is 14.4 Å². The van der Waals surface area contributed by atoms with E-state index >= 15 is 0 Å². The van der Waals surface area contributed by atoms with Gasteiger partial charge in [-0.25, -0.2) is 0 Å². The molecular formula is C25H23ClN2O3. The van der Waals surface area contributed by atoms with E-state index in [1.807, 2.05) is 61.2 Å². The van der Waals surface area contributed by atoms with E-state index in [2.05, 4.69) is 0 Å². The Kier molecular flexibility index (Phi) is 4.74. The Labute approximate surface area is 186 Å². The highest BCUT2D eigenvalue weighted by Gasteiger charge is 2.64. The number of fused-ring (bicyclic) bond motifs is 5. The van der Waals surface area contributed by atoms with Crippen LogP contribution < -0.4 is 4.90 Å². The second-order valence-electron chi connectivity index (χ2n) is 8.49. The quantitative estimate of drug-likeness (QED) is 0.534. The van der Waals surface area contributed by atoms with Crippen LogP contribution in [0.1, 0.15) is 36.2 Å². The molecule has 3 aliphatic heterocycles. The molecule has 6 heteroatoms. The number of Topliss-reactive ketones (excluding diaryl/α,β-unsaturated/α-hetero) is 1. The number of carbonyl (C=O) groups is 3. The minimum Gasteiger partial charge on any atom is -0.352 e. The van der Waals surface area contributed by atoms with Gasteiger partial charge in [-0.15, -0.1) is 0 Å². The first-order valence-electron chi connectivity index (χ1n) is 10.7. The van der Waals surface area contributed by atoms with Crippen LogP contribution in [0.4, 0.5) is 5.69 Å². The molecule has 5 rings (SSSR count). The second kappa shape index (κ2) is 7.34. The van der Waals surface area contributed by atoms with Crippen LogP contribution in [-0.2, 0) is 9.59 Å². The highest BCUT2D eigenvalue weighted by atomic mass is 35.5. The molecule has 2 amide bonds. The Hall–Kier alpha value is -2.92. The summed E-state index contributed by atoms with van der Waals surface area (Å²) in [7, 11) is 0. The SMILES string of the molecule is CC[C@H](C)N1C(=O)[C@@H]2[C@H](C1=O)[C@@H]1C=Cc3cc(Cl)ccc3N1[C@@H]2C(=O)c1ccccc1. The highest BCUT2D eigenvalue weighted by molar-refractivity contribution is 6.30. The van der Waals surface area contributed by atoms with Gasteiger partial charge < -0.3 is 4.90 Å². The largest absolute Gasteiger partial charge is 0.352 e. The maximum absolute atomic E-state index is 13.7. The van der Waals surface area contributed by atoms with Crippen LogP contribution in [0.15, 0.2) is 54.6 Å². The number of hydrogen-bond acceptors (Lipinski definition) is 4. The van der Waals surface area contributed by atoms with Gasteiger partial charge in [-0.05, 0) is 37.1 Å². The Morgan fingerprint density at radius 2 is 1.77 bits per heavy atom. The summed E-state index contributed by atoms with van der Waals surface area (Å²) in [5, 5.41) is 0.599. The topological polar surface area (TPSA) is 57.7 Å². The maximum Gasteiger partial charge on any atom is 0.236 e. The molecule has 0 bridgehead atoms. The maximum atomic E-state index is 13.7. The van der Waals surface area contributed by atoms with Crippen molar-refractivity contribution in [3.63, 3.8) is 0 Å². The molecule has 5 atom stereocenters. The van der Waals surface area contributed by atoms with Gasteiger partial charge in [-0.1, -0.05) is 61.0 Å². The normalized spacial score (nSPS) is 27.2. The molecule has 3 heterocycles. The Morgan fingerprint density at radius 3 is 2.48 bits per heavy atom. The fourth-order valence-electron chi connectivity index (χ4n) is 5.26. The summed E-state index contributed by atoms with van der Waals surface area (Å²) < 4.78 is 0. The average molecular weight is 435 g/mol. The lowest BCUT2D eigenvalue weighted by Gasteiger charge is -2.37. The molecule has 0 radical (unpaired) electrons. The van der Waals surface area contributed by atoms with Crippen molar-refractivity contribution in [1.29, 1.82) is 0 Å². The van der Waals surface area contributed by atoms with E-state index in [4.69, 9.17) is 11.6 Å². The molecule has 5 nitrogen and oxygen atoms in total. The summed E-state index contributed by atoms with van der Waals surface area (Å²) in [6.07, 6.45) is 4.57. The van der Waals surface area contributed by atoms with Crippen molar-refractivity contribution in [2.75, 3.05) is 4.90 Å². The summed E-state index contributed by atoms with van der Waals surface area (Å²) in [5.74, 6) is -1.83. The van der Waals surface area contributed by atoms with Gasteiger partial charge in [0.25, 0.3) is 0 Å². The van der Waals surface area contributed by atoms with E-state index < -0.39 is 17.9 Å². The third-order valence-corrected chi connectivity index (χ3v) is 7.10. The van der Waals surface area contributed by atoms with E-state index in [1.54, 1.807) is 18.2 Å². The first-order valence-corrected chi connectivity index (χ1v) is 11.0. The van der Waals surface area contributed by atoms with E-state index in [0.29, 0.717) is 17.0 Å². The molecule has 0 aliphatic carbocycles. The Bertz CT molecular complexity index is 1110. The standard InChI is InChI=1S/C25H23ClN2O3/c1-3-14(2)27-24(30)20-19-11-9-16-13-17(26)10-12-18(16)28(19)22(21(20)25(27)31)23(29)15-7-5-4-6-8-15/h4-14,19-22H,3H2,1-2H3/t14-,19-,20+,21+,22-/m0/s1. The zero-order valence-electron chi connectivity index (χ0n) is 17.4.